The third-order valence-electron chi connectivity index (χ3n) is 1.58. The van der Waals surface area contributed by atoms with Gasteiger partial charge in [0.2, 0.25) is 0 Å². The first-order valence-corrected chi connectivity index (χ1v) is 6.25. The van der Waals surface area contributed by atoms with Crippen molar-refractivity contribution >= 4 is 30.9 Å². The molecule has 1 heterocycles. The van der Waals surface area contributed by atoms with Crippen LogP contribution in [0.4, 0.5) is 0 Å². The van der Waals surface area contributed by atoms with Crippen molar-refractivity contribution in [3.8, 4) is 0 Å². The predicted molar refractivity (Wildman–Crippen MR) is 59.2 cm³/mol. The van der Waals surface area contributed by atoms with Crippen molar-refractivity contribution in [1.82, 2.24) is 9.76 Å². The van der Waals surface area contributed by atoms with Crippen molar-refractivity contribution in [2.24, 2.45) is 0 Å². The minimum absolute atomic E-state index is 0.0354. The molecular weight excluding hydrogens is 246 g/mol. The maximum atomic E-state index is 12.6. The second kappa shape index (κ2) is 6.31. The van der Waals surface area contributed by atoms with Gasteiger partial charge in [0.25, 0.3) is 0 Å². The zero-order valence-electron chi connectivity index (χ0n) is 13.3. The summed E-state index contributed by atoms with van der Waals surface area (Å²) in [4.78, 5) is 0. The van der Waals surface area contributed by atoms with Crippen molar-refractivity contribution in [2.75, 3.05) is 37.9 Å². The van der Waals surface area contributed by atoms with E-state index in [-0.39, 0.29) is 13.0 Å². The topological polar surface area (TPSA) is 41.6 Å². The van der Waals surface area contributed by atoms with Gasteiger partial charge in [0.05, 0.1) is 9.30 Å². The Morgan fingerprint density at radius 2 is 2.21 bits per heavy atom. The lowest BCUT2D eigenvalue weighted by Gasteiger charge is -2.33. The van der Waals surface area contributed by atoms with Gasteiger partial charge < -0.3 is 4.52 Å². The van der Waals surface area contributed by atoms with Crippen LogP contribution in [0.5, 0.6) is 0 Å². The molecule has 4 nitrogen and oxygen atoms in total. The Hall–Kier alpha value is 0.690. The van der Waals surface area contributed by atoms with Crippen LogP contribution in [0.25, 0.3) is 0 Å². The summed E-state index contributed by atoms with van der Waals surface area (Å²) in [7, 11) is -3.98. The standard InChI is InChI=1S/C7H15Cl2N2O2P/c8-2-5-11(6-3-9)14(12)10-4-1-7-13-14/h1-7H2,(H,10,12)/i2D2,3D2,7D2. The van der Waals surface area contributed by atoms with Gasteiger partial charge in [-0.3, -0.25) is 4.57 Å². The van der Waals surface area contributed by atoms with E-state index in [1.165, 1.54) is 0 Å². The number of hydrogen-bond acceptors (Lipinski definition) is 2. The van der Waals surface area contributed by atoms with Crippen molar-refractivity contribution < 1.29 is 17.3 Å². The van der Waals surface area contributed by atoms with Gasteiger partial charge in [0, 0.05) is 36.8 Å². The van der Waals surface area contributed by atoms with E-state index >= 15 is 0 Å². The van der Waals surface area contributed by atoms with E-state index in [1.807, 2.05) is 0 Å². The van der Waals surface area contributed by atoms with Crippen molar-refractivity contribution in [3.63, 3.8) is 0 Å². The average Bonchev–Trinajstić information content (AvgIpc) is 2.09. The Labute approximate surface area is 103 Å². The number of halogens is 2. The highest BCUT2D eigenvalue weighted by Crippen LogP contribution is 2.47. The summed E-state index contributed by atoms with van der Waals surface area (Å²) >= 11 is 10.9. The number of hydrogen-bond donors (Lipinski definition) is 1. The predicted octanol–water partition coefficient (Wildman–Crippen LogP) is 1.88. The Bertz CT molecular complexity index is 386. The molecule has 0 radical (unpaired) electrons. The third kappa shape index (κ3) is 3.37. The smallest absolute Gasteiger partial charge is 0.306 e. The Morgan fingerprint density at radius 1 is 1.57 bits per heavy atom. The molecule has 0 bridgehead atoms. The van der Waals surface area contributed by atoms with Crippen LogP contribution >= 0.6 is 30.9 Å². The quantitative estimate of drug-likeness (QED) is 0.610. The van der Waals surface area contributed by atoms with E-state index in [0.717, 1.165) is 4.67 Å². The second-order valence-electron chi connectivity index (χ2n) is 2.50. The molecule has 1 N–H and O–H groups in total. The molecule has 1 aliphatic rings. The minimum Gasteiger partial charge on any atom is -0.306 e. The lowest BCUT2D eigenvalue weighted by Crippen LogP contribution is -2.35. The fraction of sp³-hybridized carbons (Fsp3) is 1.00. The molecule has 1 saturated heterocycles. The van der Waals surface area contributed by atoms with Crippen LogP contribution in [-0.4, -0.2) is 42.5 Å². The summed E-state index contributed by atoms with van der Waals surface area (Å²) in [6.07, 6.45) is -0.0354. The minimum atomic E-state index is -3.98. The number of nitrogens with one attached hydrogen (secondary N) is 1. The van der Waals surface area contributed by atoms with Gasteiger partial charge in [0.1, 0.15) is 0 Å². The van der Waals surface area contributed by atoms with Crippen molar-refractivity contribution in [3.05, 3.63) is 0 Å². The monoisotopic (exact) mass is 266 g/mol. The zero-order chi connectivity index (χ0) is 15.8. The number of alkyl halides is 2. The fourth-order valence-corrected chi connectivity index (χ4v) is 2.96. The van der Waals surface area contributed by atoms with Crippen LogP contribution in [0.15, 0.2) is 0 Å². The molecule has 1 aliphatic heterocycles. The normalized spacial score (nSPS) is 40.2. The highest BCUT2D eigenvalue weighted by molar-refractivity contribution is 7.54. The van der Waals surface area contributed by atoms with Gasteiger partial charge in [-0.1, -0.05) is 0 Å². The second-order valence-corrected chi connectivity index (χ2v) is 5.14. The molecule has 84 valence electrons. The van der Waals surface area contributed by atoms with Gasteiger partial charge in [-0.2, -0.15) is 0 Å². The van der Waals surface area contributed by atoms with Crippen molar-refractivity contribution in [1.29, 1.82) is 0 Å². The molecule has 7 heteroatoms. The molecule has 1 atom stereocenters. The van der Waals surface area contributed by atoms with Gasteiger partial charge in [-0.15, -0.1) is 23.2 Å². The first-order chi connectivity index (χ1) is 8.73. The largest absolute Gasteiger partial charge is 0.343 e. The fourth-order valence-electron chi connectivity index (χ4n) is 0.951. The molecule has 0 aromatic heterocycles. The van der Waals surface area contributed by atoms with Crippen LogP contribution in [-0.2, 0) is 9.09 Å². The number of nitrogens with zero attached hydrogens (tertiary/aromatic N) is 1. The van der Waals surface area contributed by atoms with E-state index < -0.39 is 39.0 Å². The third-order valence-corrected chi connectivity index (χ3v) is 3.85. The summed E-state index contributed by atoms with van der Waals surface area (Å²) in [5.41, 5.74) is 0. The Balaban J connectivity index is 2.99. The molecule has 1 fully saturated rings. The van der Waals surface area contributed by atoms with Crippen molar-refractivity contribution in [2.45, 2.75) is 6.42 Å². The zero-order valence-corrected chi connectivity index (χ0v) is 9.70. The van der Waals surface area contributed by atoms with E-state index in [4.69, 9.17) is 36.0 Å². The van der Waals surface area contributed by atoms with Crippen LogP contribution in [0.1, 0.15) is 14.6 Å². The summed E-state index contributed by atoms with van der Waals surface area (Å²) < 4.78 is 62.4. The molecule has 0 spiro atoms. The van der Waals surface area contributed by atoms with Crippen LogP contribution < -0.4 is 5.09 Å². The first-order valence-electron chi connectivity index (χ1n) is 6.92. The average molecular weight is 267 g/mol. The molecule has 0 saturated carbocycles. The molecule has 0 aromatic carbocycles. The molecule has 1 rings (SSSR count). The van der Waals surface area contributed by atoms with Crippen LogP contribution in [0.3, 0.4) is 0 Å². The lowest BCUT2D eigenvalue weighted by molar-refractivity contribution is 0.233. The summed E-state index contributed by atoms with van der Waals surface area (Å²) in [6.45, 7) is -3.39. The molecule has 14 heavy (non-hydrogen) atoms. The number of rotatable bonds is 5. The summed E-state index contributed by atoms with van der Waals surface area (Å²) in [5.74, 6) is -4.59. The van der Waals surface area contributed by atoms with Gasteiger partial charge in [0.15, 0.2) is 0 Å². The van der Waals surface area contributed by atoms with Gasteiger partial charge in [-0.05, 0) is 6.42 Å². The van der Waals surface area contributed by atoms with E-state index in [2.05, 4.69) is 5.09 Å². The van der Waals surface area contributed by atoms with Crippen LogP contribution in [0.2, 0.25) is 0 Å². The highest BCUT2D eigenvalue weighted by atomic mass is 35.5. The lowest BCUT2D eigenvalue weighted by atomic mass is 10.5. The Kier molecular flexibility index (Phi) is 2.90. The first kappa shape index (κ1) is 6.43. The molecule has 0 aliphatic carbocycles. The maximum absolute atomic E-state index is 12.6. The Morgan fingerprint density at radius 3 is 2.71 bits per heavy atom. The van der Waals surface area contributed by atoms with E-state index in [9.17, 15) is 4.57 Å². The molecule has 0 amide bonds. The van der Waals surface area contributed by atoms with Gasteiger partial charge in [-0.25, -0.2) is 9.76 Å². The maximum Gasteiger partial charge on any atom is 0.343 e. The summed E-state index contributed by atoms with van der Waals surface area (Å²) in [5, 5.41) is 2.47. The molecule has 1 unspecified atom stereocenters. The SMILES string of the molecule is [2H]C([2H])(Cl)CN(CC([2H])([2H])Cl)P1(=O)NCCC([2H])([2H])O1. The van der Waals surface area contributed by atoms with E-state index in [0.29, 0.717) is 0 Å². The molecule has 0 aromatic rings. The van der Waals surface area contributed by atoms with Gasteiger partial charge >= 0.3 is 7.67 Å². The van der Waals surface area contributed by atoms with Crippen LogP contribution in [0, 0.1) is 0 Å². The highest BCUT2D eigenvalue weighted by Gasteiger charge is 2.32. The van der Waals surface area contributed by atoms with E-state index in [1.54, 1.807) is 0 Å². The molecular formula is C7H15Cl2N2O2P. The summed E-state index contributed by atoms with van der Waals surface area (Å²) in [6, 6.07) is 0.